The van der Waals surface area contributed by atoms with E-state index in [4.69, 9.17) is 4.74 Å². The smallest absolute Gasteiger partial charge is 0.178 e. The fourth-order valence-electron chi connectivity index (χ4n) is 2.29. The third-order valence-corrected chi connectivity index (χ3v) is 5.20. The summed E-state index contributed by atoms with van der Waals surface area (Å²) in [6.07, 6.45) is 2.25. The number of hydrogen-bond acceptors (Lipinski definition) is 4. The summed E-state index contributed by atoms with van der Waals surface area (Å²) in [6, 6.07) is 7.41. The Morgan fingerprint density at radius 1 is 1.32 bits per heavy atom. The van der Waals surface area contributed by atoms with Crippen molar-refractivity contribution >= 4 is 15.5 Å². The molecule has 0 bridgehead atoms. The molecule has 0 aliphatic carbocycles. The average molecular weight is 283 g/mol. The van der Waals surface area contributed by atoms with Crippen molar-refractivity contribution in [2.24, 2.45) is 0 Å². The minimum absolute atomic E-state index is 0.136. The van der Waals surface area contributed by atoms with Crippen LogP contribution in [0.1, 0.15) is 26.7 Å². The van der Waals surface area contributed by atoms with Crippen LogP contribution in [0.25, 0.3) is 0 Å². The zero-order chi connectivity index (χ0) is 13.9. The number of hydrogen-bond donors (Lipinski definition) is 1. The zero-order valence-corrected chi connectivity index (χ0v) is 12.2. The molecule has 19 heavy (non-hydrogen) atoms. The first-order chi connectivity index (χ1) is 9.01. The maximum atomic E-state index is 11.7. The van der Waals surface area contributed by atoms with E-state index in [9.17, 15) is 8.42 Å². The molecular weight excluding hydrogens is 262 g/mol. The van der Waals surface area contributed by atoms with Gasteiger partial charge in [-0.15, -0.1) is 0 Å². The lowest BCUT2D eigenvalue weighted by Gasteiger charge is -2.28. The van der Waals surface area contributed by atoms with Crippen molar-refractivity contribution in [1.29, 1.82) is 0 Å². The lowest BCUT2D eigenvalue weighted by molar-refractivity contribution is 0.0232. The SMILES string of the molecule is CCS(=O)(=O)c1ccc(NC2CCOC(C)C2)cc1. The van der Waals surface area contributed by atoms with Gasteiger partial charge in [-0.3, -0.25) is 0 Å². The van der Waals surface area contributed by atoms with E-state index in [0.29, 0.717) is 10.9 Å². The highest BCUT2D eigenvalue weighted by molar-refractivity contribution is 7.91. The van der Waals surface area contributed by atoms with Crippen LogP contribution in [0.2, 0.25) is 0 Å². The molecule has 2 atom stereocenters. The highest BCUT2D eigenvalue weighted by atomic mass is 32.2. The second-order valence-electron chi connectivity index (χ2n) is 4.97. The van der Waals surface area contributed by atoms with Crippen molar-refractivity contribution in [3.8, 4) is 0 Å². The van der Waals surface area contributed by atoms with Crippen LogP contribution in [-0.4, -0.2) is 32.9 Å². The Morgan fingerprint density at radius 3 is 2.58 bits per heavy atom. The van der Waals surface area contributed by atoms with Gasteiger partial charge in [-0.1, -0.05) is 6.92 Å². The van der Waals surface area contributed by atoms with Gasteiger partial charge in [0.15, 0.2) is 9.84 Å². The van der Waals surface area contributed by atoms with Crippen LogP contribution in [0.4, 0.5) is 5.69 Å². The number of benzene rings is 1. The molecule has 106 valence electrons. The van der Waals surface area contributed by atoms with E-state index in [1.54, 1.807) is 19.1 Å². The maximum Gasteiger partial charge on any atom is 0.178 e. The molecule has 2 rings (SSSR count). The Balaban J connectivity index is 2.03. The maximum absolute atomic E-state index is 11.7. The summed E-state index contributed by atoms with van der Waals surface area (Å²) in [5, 5.41) is 3.43. The molecule has 0 aromatic heterocycles. The lowest BCUT2D eigenvalue weighted by atomic mass is 10.0. The van der Waals surface area contributed by atoms with Gasteiger partial charge in [0, 0.05) is 18.3 Å². The number of anilines is 1. The second-order valence-corrected chi connectivity index (χ2v) is 7.25. The van der Waals surface area contributed by atoms with Gasteiger partial charge in [0.05, 0.1) is 16.8 Å². The number of ether oxygens (including phenoxy) is 1. The molecule has 1 heterocycles. The van der Waals surface area contributed by atoms with Crippen molar-refractivity contribution < 1.29 is 13.2 Å². The first-order valence-electron chi connectivity index (χ1n) is 6.72. The highest BCUT2D eigenvalue weighted by Gasteiger charge is 2.19. The van der Waals surface area contributed by atoms with Crippen LogP contribution >= 0.6 is 0 Å². The molecule has 1 saturated heterocycles. The van der Waals surface area contributed by atoms with Crippen molar-refractivity contribution in [2.45, 2.75) is 43.7 Å². The lowest BCUT2D eigenvalue weighted by Crippen LogP contribution is -2.32. The van der Waals surface area contributed by atoms with Gasteiger partial charge in [0.1, 0.15) is 0 Å². The Kier molecular flexibility index (Phi) is 4.47. The minimum atomic E-state index is -3.10. The summed E-state index contributed by atoms with van der Waals surface area (Å²) in [6.45, 7) is 4.51. The first kappa shape index (κ1) is 14.3. The molecule has 1 aromatic rings. The third-order valence-electron chi connectivity index (χ3n) is 3.45. The van der Waals surface area contributed by atoms with Gasteiger partial charge < -0.3 is 10.1 Å². The van der Waals surface area contributed by atoms with Crippen LogP contribution < -0.4 is 5.32 Å². The molecule has 1 aliphatic heterocycles. The standard InChI is InChI=1S/C14H21NO3S/c1-3-19(16,17)14-6-4-12(5-7-14)15-13-8-9-18-11(2)10-13/h4-7,11,13,15H,3,8-10H2,1-2H3. The molecule has 1 fully saturated rings. The molecule has 1 N–H and O–H groups in total. The predicted octanol–water partition coefficient (Wildman–Crippen LogP) is 2.46. The molecule has 0 spiro atoms. The van der Waals surface area contributed by atoms with Gasteiger partial charge in [-0.25, -0.2) is 8.42 Å². The number of sulfone groups is 1. The summed E-state index contributed by atoms with van der Waals surface area (Å²) < 4.78 is 28.9. The Labute approximate surface area is 115 Å². The monoisotopic (exact) mass is 283 g/mol. The topological polar surface area (TPSA) is 55.4 Å². The fourth-order valence-corrected chi connectivity index (χ4v) is 3.17. The number of nitrogens with one attached hydrogen (secondary N) is 1. The van der Waals surface area contributed by atoms with E-state index in [1.165, 1.54) is 0 Å². The molecule has 0 saturated carbocycles. The molecule has 1 aliphatic rings. The van der Waals surface area contributed by atoms with Crippen LogP contribution in [-0.2, 0) is 14.6 Å². The largest absolute Gasteiger partial charge is 0.382 e. The van der Waals surface area contributed by atoms with Crippen LogP contribution in [0.3, 0.4) is 0 Å². The Hall–Kier alpha value is -1.07. The summed E-state index contributed by atoms with van der Waals surface area (Å²) in [4.78, 5) is 0.390. The normalized spacial score (nSPS) is 24.1. The van der Waals surface area contributed by atoms with Crippen molar-refractivity contribution in [3.05, 3.63) is 24.3 Å². The second kappa shape index (κ2) is 5.92. The summed E-state index contributed by atoms with van der Waals surface area (Å²) in [5.74, 6) is 0.136. The molecule has 1 aromatic carbocycles. The van der Waals surface area contributed by atoms with Gasteiger partial charge in [-0.2, -0.15) is 0 Å². The fraction of sp³-hybridized carbons (Fsp3) is 0.571. The van der Waals surface area contributed by atoms with E-state index in [1.807, 2.05) is 12.1 Å². The Bertz CT molecular complexity index is 510. The first-order valence-corrected chi connectivity index (χ1v) is 8.37. The Morgan fingerprint density at radius 2 is 2.00 bits per heavy atom. The van der Waals surface area contributed by atoms with E-state index < -0.39 is 9.84 Å². The molecule has 2 unspecified atom stereocenters. The van der Waals surface area contributed by atoms with Crippen LogP contribution in [0.15, 0.2) is 29.2 Å². The molecular formula is C14H21NO3S. The van der Waals surface area contributed by atoms with Crippen molar-refractivity contribution in [1.82, 2.24) is 0 Å². The summed E-state index contributed by atoms with van der Waals surface area (Å²) >= 11 is 0. The van der Waals surface area contributed by atoms with Gasteiger partial charge >= 0.3 is 0 Å². The highest BCUT2D eigenvalue weighted by Crippen LogP contribution is 2.20. The zero-order valence-electron chi connectivity index (χ0n) is 11.4. The molecule has 5 heteroatoms. The van der Waals surface area contributed by atoms with E-state index >= 15 is 0 Å². The molecule has 0 amide bonds. The van der Waals surface area contributed by atoms with Crippen molar-refractivity contribution in [3.63, 3.8) is 0 Å². The van der Waals surface area contributed by atoms with Crippen LogP contribution in [0, 0.1) is 0 Å². The molecule has 4 nitrogen and oxygen atoms in total. The van der Waals surface area contributed by atoms with E-state index in [-0.39, 0.29) is 11.9 Å². The summed E-state index contributed by atoms with van der Waals surface area (Å²) in [5.41, 5.74) is 0.967. The quantitative estimate of drug-likeness (QED) is 0.922. The van der Waals surface area contributed by atoms with Gasteiger partial charge in [0.2, 0.25) is 0 Å². The minimum Gasteiger partial charge on any atom is -0.382 e. The van der Waals surface area contributed by atoms with Gasteiger partial charge in [-0.05, 0) is 44.0 Å². The van der Waals surface area contributed by atoms with Crippen LogP contribution in [0.5, 0.6) is 0 Å². The third kappa shape index (κ3) is 3.70. The molecule has 0 radical (unpaired) electrons. The number of rotatable bonds is 4. The predicted molar refractivity (Wildman–Crippen MR) is 76.2 cm³/mol. The average Bonchev–Trinajstić information content (AvgIpc) is 2.39. The summed E-state index contributed by atoms with van der Waals surface area (Å²) in [7, 11) is -3.10. The van der Waals surface area contributed by atoms with E-state index in [0.717, 1.165) is 25.1 Å². The van der Waals surface area contributed by atoms with E-state index in [2.05, 4.69) is 12.2 Å². The van der Waals surface area contributed by atoms with Crippen molar-refractivity contribution in [2.75, 3.05) is 17.7 Å². The van der Waals surface area contributed by atoms with Gasteiger partial charge in [0.25, 0.3) is 0 Å².